The number of carboxylic acid groups (broad SMARTS) is 1. The lowest BCUT2D eigenvalue weighted by Gasteiger charge is -2.28. The molecule has 0 aliphatic rings. The summed E-state index contributed by atoms with van der Waals surface area (Å²) in [5.74, 6) is -3.55. The highest BCUT2D eigenvalue weighted by atomic mass is 16.4. The van der Waals surface area contributed by atoms with Gasteiger partial charge in [-0.2, -0.15) is 0 Å². The van der Waals surface area contributed by atoms with Gasteiger partial charge in [0.05, 0.1) is 12.6 Å². The van der Waals surface area contributed by atoms with Gasteiger partial charge in [0.2, 0.25) is 17.7 Å². The zero-order valence-corrected chi connectivity index (χ0v) is 17.2. The van der Waals surface area contributed by atoms with Crippen LogP contribution in [-0.2, 0) is 19.2 Å². The molecule has 10 nitrogen and oxygen atoms in total. The number of aliphatic carboxylic acids is 1. The van der Waals surface area contributed by atoms with Gasteiger partial charge < -0.3 is 31.9 Å². The van der Waals surface area contributed by atoms with Crippen molar-refractivity contribution in [2.45, 2.75) is 71.6 Å². The first-order valence-electron chi connectivity index (χ1n) is 9.50. The summed E-state index contributed by atoms with van der Waals surface area (Å²) in [4.78, 5) is 48.0. The Labute approximate surface area is 165 Å². The summed E-state index contributed by atoms with van der Waals surface area (Å²) in [6.07, 6.45) is 1.27. The molecule has 28 heavy (non-hydrogen) atoms. The lowest BCUT2D eigenvalue weighted by Crippen LogP contribution is -2.59. The lowest BCUT2D eigenvalue weighted by molar-refractivity contribution is -0.142. The van der Waals surface area contributed by atoms with Crippen LogP contribution >= 0.6 is 0 Å². The van der Waals surface area contributed by atoms with Crippen molar-refractivity contribution in [3.05, 3.63) is 0 Å². The second-order valence-electron chi connectivity index (χ2n) is 7.10. The number of nitrogens with two attached hydrogens (primary N) is 1. The van der Waals surface area contributed by atoms with Crippen molar-refractivity contribution >= 4 is 23.7 Å². The maximum atomic E-state index is 12.7. The molecule has 0 rings (SSSR count). The molecule has 0 fully saturated rings. The summed E-state index contributed by atoms with van der Waals surface area (Å²) in [6, 6.07) is -4.26. The van der Waals surface area contributed by atoms with E-state index in [2.05, 4.69) is 16.0 Å². The monoisotopic (exact) mass is 402 g/mol. The summed E-state index contributed by atoms with van der Waals surface area (Å²) >= 11 is 0. The molecule has 0 heterocycles. The Kier molecular flexibility index (Phi) is 11.3. The molecule has 0 spiro atoms. The Balaban J connectivity index is 5.21. The molecule has 6 unspecified atom stereocenters. The fourth-order valence-corrected chi connectivity index (χ4v) is 2.30. The van der Waals surface area contributed by atoms with E-state index in [1.807, 2.05) is 20.8 Å². The minimum absolute atomic E-state index is 0.0749. The van der Waals surface area contributed by atoms with E-state index in [4.69, 9.17) is 10.8 Å². The quantitative estimate of drug-likeness (QED) is 0.242. The third-order valence-corrected chi connectivity index (χ3v) is 4.90. The number of nitrogens with one attached hydrogen (secondary N) is 3. The highest BCUT2D eigenvalue weighted by molar-refractivity contribution is 5.94. The molecule has 162 valence electrons. The maximum Gasteiger partial charge on any atom is 0.325 e. The summed E-state index contributed by atoms with van der Waals surface area (Å²) in [5.41, 5.74) is 5.92. The standard InChI is InChI=1S/C18H34N4O6/c1-6-9(3)13(19)16(25)22-14(10(4)7-2)17(26)21-12(8-23)15(24)20-11(5)18(27)28/h9-14,23H,6-8,19H2,1-5H3,(H,20,24)(H,21,26)(H,22,25)(H,27,28). The van der Waals surface area contributed by atoms with E-state index in [0.29, 0.717) is 12.8 Å². The van der Waals surface area contributed by atoms with E-state index in [1.54, 1.807) is 6.92 Å². The summed E-state index contributed by atoms with van der Waals surface area (Å²) in [7, 11) is 0. The fourth-order valence-electron chi connectivity index (χ4n) is 2.30. The summed E-state index contributed by atoms with van der Waals surface area (Å²) in [5, 5.41) is 25.4. The van der Waals surface area contributed by atoms with Crippen LogP contribution in [0.1, 0.15) is 47.5 Å². The second-order valence-corrected chi connectivity index (χ2v) is 7.10. The first kappa shape index (κ1) is 25.8. The topological polar surface area (TPSA) is 171 Å². The van der Waals surface area contributed by atoms with Crippen molar-refractivity contribution in [3.63, 3.8) is 0 Å². The smallest absolute Gasteiger partial charge is 0.325 e. The number of hydrogen-bond donors (Lipinski definition) is 6. The van der Waals surface area contributed by atoms with Crippen molar-refractivity contribution in [3.8, 4) is 0 Å². The molecule has 0 saturated carbocycles. The van der Waals surface area contributed by atoms with E-state index >= 15 is 0 Å². The van der Waals surface area contributed by atoms with E-state index in [-0.39, 0.29) is 11.8 Å². The molecule has 0 radical (unpaired) electrons. The predicted molar refractivity (Wildman–Crippen MR) is 103 cm³/mol. The molecule has 7 N–H and O–H groups in total. The van der Waals surface area contributed by atoms with Crippen molar-refractivity contribution in [1.82, 2.24) is 16.0 Å². The van der Waals surface area contributed by atoms with Crippen molar-refractivity contribution in [2.24, 2.45) is 17.6 Å². The zero-order chi connectivity index (χ0) is 22.0. The summed E-state index contributed by atoms with van der Waals surface area (Å²) in [6.45, 7) is 7.88. The largest absolute Gasteiger partial charge is 0.480 e. The van der Waals surface area contributed by atoms with Crippen LogP contribution in [0.5, 0.6) is 0 Å². The SMILES string of the molecule is CCC(C)C(N)C(=O)NC(C(=O)NC(CO)C(=O)NC(C)C(=O)O)C(C)CC. The van der Waals surface area contributed by atoms with Crippen molar-refractivity contribution < 1.29 is 29.4 Å². The van der Waals surface area contributed by atoms with E-state index in [9.17, 15) is 24.3 Å². The Morgan fingerprint density at radius 1 is 0.857 bits per heavy atom. The van der Waals surface area contributed by atoms with Crippen molar-refractivity contribution in [1.29, 1.82) is 0 Å². The molecule has 0 aliphatic heterocycles. The number of aliphatic hydroxyl groups excluding tert-OH is 1. The van der Waals surface area contributed by atoms with Gasteiger partial charge in [0.25, 0.3) is 0 Å². The van der Waals surface area contributed by atoms with Crippen molar-refractivity contribution in [2.75, 3.05) is 6.61 Å². The van der Waals surface area contributed by atoms with E-state index < -0.39 is 54.5 Å². The minimum Gasteiger partial charge on any atom is -0.480 e. The molecule has 6 atom stereocenters. The van der Waals surface area contributed by atoms with Crippen LogP contribution < -0.4 is 21.7 Å². The van der Waals surface area contributed by atoms with Crippen LogP contribution in [0.4, 0.5) is 0 Å². The van der Waals surface area contributed by atoms with Crippen LogP contribution in [0, 0.1) is 11.8 Å². The predicted octanol–water partition coefficient (Wildman–Crippen LogP) is -1.04. The Morgan fingerprint density at radius 3 is 1.82 bits per heavy atom. The molecular formula is C18H34N4O6. The third-order valence-electron chi connectivity index (χ3n) is 4.90. The number of carbonyl (C=O) groups is 4. The molecule has 0 aromatic carbocycles. The average molecular weight is 402 g/mol. The zero-order valence-electron chi connectivity index (χ0n) is 17.2. The second kappa shape index (κ2) is 12.3. The average Bonchev–Trinajstić information content (AvgIpc) is 2.67. The highest BCUT2D eigenvalue weighted by Gasteiger charge is 2.32. The highest BCUT2D eigenvalue weighted by Crippen LogP contribution is 2.11. The van der Waals surface area contributed by atoms with E-state index in [1.165, 1.54) is 6.92 Å². The van der Waals surface area contributed by atoms with E-state index in [0.717, 1.165) is 0 Å². The molecule has 3 amide bonds. The van der Waals surface area contributed by atoms with Gasteiger partial charge in [0.1, 0.15) is 18.1 Å². The van der Waals surface area contributed by atoms with Crippen LogP contribution in [0.25, 0.3) is 0 Å². The Hall–Kier alpha value is -2.20. The van der Waals surface area contributed by atoms with Gasteiger partial charge in [-0.15, -0.1) is 0 Å². The molecule has 0 aromatic heterocycles. The van der Waals surface area contributed by atoms with Crippen LogP contribution in [0.15, 0.2) is 0 Å². The Bertz CT molecular complexity index is 556. The van der Waals surface area contributed by atoms with Crippen LogP contribution in [0.3, 0.4) is 0 Å². The number of carboxylic acids is 1. The van der Waals surface area contributed by atoms with Gasteiger partial charge in [-0.3, -0.25) is 19.2 Å². The van der Waals surface area contributed by atoms with Gasteiger partial charge in [-0.1, -0.05) is 40.5 Å². The maximum absolute atomic E-state index is 12.7. The number of amides is 3. The first-order chi connectivity index (χ1) is 13.0. The number of carbonyl (C=O) groups excluding carboxylic acids is 3. The van der Waals surface area contributed by atoms with Crippen LogP contribution in [-0.4, -0.2) is 64.7 Å². The van der Waals surface area contributed by atoms with Gasteiger partial charge in [0.15, 0.2) is 0 Å². The molecular weight excluding hydrogens is 368 g/mol. The number of aliphatic hydroxyl groups is 1. The molecule has 0 saturated heterocycles. The van der Waals surface area contributed by atoms with Gasteiger partial charge in [-0.25, -0.2) is 0 Å². The Morgan fingerprint density at radius 2 is 1.39 bits per heavy atom. The number of rotatable bonds is 12. The van der Waals surface area contributed by atoms with Gasteiger partial charge in [-0.05, 0) is 18.8 Å². The third kappa shape index (κ3) is 7.81. The first-order valence-corrected chi connectivity index (χ1v) is 9.50. The molecule has 0 aromatic rings. The van der Waals surface area contributed by atoms with Gasteiger partial charge >= 0.3 is 5.97 Å². The lowest BCUT2D eigenvalue weighted by atomic mass is 9.95. The molecule has 0 bridgehead atoms. The van der Waals surface area contributed by atoms with Crippen LogP contribution in [0.2, 0.25) is 0 Å². The molecule has 0 aliphatic carbocycles. The minimum atomic E-state index is -1.35. The fraction of sp³-hybridized carbons (Fsp3) is 0.778. The number of hydrogen-bond acceptors (Lipinski definition) is 6. The van der Waals surface area contributed by atoms with Gasteiger partial charge in [0, 0.05) is 0 Å². The normalized spacial score (nSPS) is 17.4. The molecule has 10 heteroatoms. The summed E-state index contributed by atoms with van der Waals surface area (Å²) < 4.78 is 0.